The Balaban J connectivity index is 2.29. The minimum atomic E-state index is 0.646. The molecule has 0 aromatic rings. The van der Waals surface area contributed by atoms with E-state index in [1.165, 1.54) is 135 Å². The first-order chi connectivity index (χ1) is 14.3. The van der Waals surface area contributed by atoms with Crippen molar-refractivity contribution in [3.8, 4) is 0 Å². The molecule has 0 saturated heterocycles. The largest absolute Gasteiger partial charge is 0.356 e. The first kappa shape index (κ1) is 26.4. The molecule has 0 bridgehead atoms. The van der Waals surface area contributed by atoms with Crippen molar-refractivity contribution in [1.82, 2.24) is 9.80 Å². The maximum Gasteiger partial charge on any atom is 0.101 e. The molecule has 1 unspecified atom stereocenters. The quantitative estimate of drug-likeness (QED) is 0.176. The van der Waals surface area contributed by atoms with Gasteiger partial charge in [0, 0.05) is 25.5 Å². The molecule has 0 aromatic heterocycles. The van der Waals surface area contributed by atoms with Gasteiger partial charge in [-0.25, -0.2) is 0 Å². The fraction of sp³-hybridized carbons (Fsp3) is 0.926. The zero-order valence-corrected chi connectivity index (χ0v) is 20.5. The number of rotatable bonds is 21. The molecule has 172 valence electrons. The molecule has 0 amide bonds. The van der Waals surface area contributed by atoms with Crippen LogP contribution in [0.15, 0.2) is 12.4 Å². The van der Waals surface area contributed by atoms with Crippen LogP contribution in [0.2, 0.25) is 0 Å². The molecule has 1 atom stereocenters. The molecule has 0 radical (unpaired) electrons. The van der Waals surface area contributed by atoms with E-state index in [0.29, 0.717) is 6.17 Å². The van der Waals surface area contributed by atoms with Crippen LogP contribution in [0.25, 0.3) is 0 Å². The molecule has 1 heterocycles. The molecular weight excluding hydrogens is 352 g/mol. The van der Waals surface area contributed by atoms with Gasteiger partial charge < -0.3 is 9.80 Å². The second-order valence-electron chi connectivity index (χ2n) is 9.35. The van der Waals surface area contributed by atoms with Crippen LogP contribution in [0.4, 0.5) is 0 Å². The van der Waals surface area contributed by atoms with E-state index in [-0.39, 0.29) is 0 Å². The summed E-state index contributed by atoms with van der Waals surface area (Å²) in [4.78, 5) is 5.33. The summed E-state index contributed by atoms with van der Waals surface area (Å²) in [6, 6.07) is 0. The van der Waals surface area contributed by atoms with Gasteiger partial charge in [-0.05, 0) is 25.7 Å². The summed E-state index contributed by atoms with van der Waals surface area (Å²) in [7, 11) is 0. The summed E-state index contributed by atoms with van der Waals surface area (Å²) < 4.78 is 0. The maximum absolute atomic E-state index is 2.67. The van der Waals surface area contributed by atoms with E-state index in [4.69, 9.17) is 0 Å². The van der Waals surface area contributed by atoms with E-state index in [0.717, 1.165) is 0 Å². The fourth-order valence-corrected chi connectivity index (χ4v) is 4.60. The number of hydrogen-bond acceptors (Lipinski definition) is 2. The van der Waals surface area contributed by atoms with E-state index in [9.17, 15) is 0 Å². The van der Waals surface area contributed by atoms with Gasteiger partial charge >= 0.3 is 0 Å². The van der Waals surface area contributed by atoms with Crippen LogP contribution in [0.3, 0.4) is 0 Å². The zero-order valence-electron chi connectivity index (χ0n) is 20.5. The van der Waals surface area contributed by atoms with Gasteiger partial charge in [-0.2, -0.15) is 0 Å². The Morgan fingerprint density at radius 2 is 0.793 bits per heavy atom. The highest BCUT2D eigenvalue weighted by molar-refractivity contribution is 4.96. The van der Waals surface area contributed by atoms with Crippen LogP contribution >= 0.6 is 0 Å². The van der Waals surface area contributed by atoms with Crippen molar-refractivity contribution >= 4 is 0 Å². The minimum absolute atomic E-state index is 0.646. The predicted octanol–water partition coefficient (Wildman–Crippen LogP) is 8.87. The Morgan fingerprint density at radius 1 is 0.448 bits per heavy atom. The average molecular weight is 407 g/mol. The molecule has 0 aromatic carbocycles. The standard InChI is InChI=1S/C27H54N2/c1-4-7-10-13-15-17-19-22-27-28(23-20-12-9-6-3)25-26-29(27)24-21-18-16-14-11-8-5-2/h25-27H,4-24H2,1-3H3. The Morgan fingerprint density at radius 3 is 1.24 bits per heavy atom. The molecule has 2 nitrogen and oxygen atoms in total. The maximum atomic E-state index is 2.67. The molecule has 1 aliphatic heterocycles. The van der Waals surface area contributed by atoms with Crippen molar-refractivity contribution in [2.45, 2.75) is 149 Å². The highest BCUT2D eigenvalue weighted by Gasteiger charge is 2.24. The molecule has 0 N–H and O–H groups in total. The lowest BCUT2D eigenvalue weighted by atomic mass is 10.1. The van der Waals surface area contributed by atoms with Crippen molar-refractivity contribution in [2.75, 3.05) is 13.1 Å². The molecule has 0 fully saturated rings. The van der Waals surface area contributed by atoms with Gasteiger partial charge in [0.25, 0.3) is 0 Å². The van der Waals surface area contributed by atoms with E-state index in [1.807, 2.05) is 0 Å². The highest BCUT2D eigenvalue weighted by atomic mass is 15.4. The minimum Gasteiger partial charge on any atom is -0.356 e. The summed E-state index contributed by atoms with van der Waals surface area (Å²) in [6.07, 6.45) is 32.1. The molecule has 1 rings (SSSR count). The fourth-order valence-electron chi connectivity index (χ4n) is 4.60. The summed E-state index contributed by atoms with van der Waals surface area (Å²) in [5.74, 6) is 0. The van der Waals surface area contributed by atoms with E-state index < -0.39 is 0 Å². The van der Waals surface area contributed by atoms with Gasteiger partial charge in [-0.1, -0.05) is 117 Å². The van der Waals surface area contributed by atoms with Crippen LogP contribution in [0, 0.1) is 0 Å². The van der Waals surface area contributed by atoms with Gasteiger partial charge in [-0.15, -0.1) is 0 Å². The van der Waals surface area contributed by atoms with Crippen molar-refractivity contribution in [2.24, 2.45) is 0 Å². The molecular formula is C27H54N2. The topological polar surface area (TPSA) is 6.48 Å². The Kier molecular flexibility index (Phi) is 17.6. The van der Waals surface area contributed by atoms with Crippen LogP contribution in [0.1, 0.15) is 143 Å². The lowest BCUT2D eigenvalue weighted by molar-refractivity contribution is 0.135. The lowest BCUT2D eigenvalue weighted by Gasteiger charge is -2.33. The first-order valence-corrected chi connectivity index (χ1v) is 13.5. The van der Waals surface area contributed by atoms with Crippen LogP contribution in [0.5, 0.6) is 0 Å². The highest BCUT2D eigenvalue weighted by Crippen LogP contribution is 2.23. The van der Waals surface area contributed by atoms with Crippen LogP contribution in [-0.4, -0.2) is 29.1 Å². The molecule has 2 heteroatoms. The van der Waals surface area contributed by atoms with Gasteiger partial charge in [0.15, 0.2) is 0 Å². The van der Waals surface area contributed by atoms with Crippen molar-refractivity contribution in [3.63, 3.8) is 0 Å². The van der Waals surface area contributed by atoms with E-state index in [1.54, 1.807) is 0 Å². The molecule has 0 spiro atoms. The third-order valence-electron chi connectivity index (χ3n) is 6.57. The van der Waals surface area contributed by atoms with E-state index >= 15 is 0 Å². The van der Waals surface area contributed by atoms with Crippen LogP contribution in [-0.2, 0) is 0 Å². The summed E-state index contributed by atoms with van der Waals surface area (Å²) >= 11 is 0. The molecule has 1 aliphatic rings. The molecule has 29 heavy (non-hydrogen) atoms. The van der Waals surface area contributed by atoms with Crippen molar-refractivity contribution in [1.29, 1.82) is 0 Å². The normalized spacial score (nSPS) is 16.3. The SMILES string of the molecule is CCCCCCCCCC1N(CCCCCC)C=CN1CCCCCCCCC. The Labute approximate surface area is 184 Å². The summed E-state index contributed by atoms with van der Waals surface area (Å²) in [6.45, 7) is 9.44. The Hall–Kier alpha value is -0.660. The van der Waals surface area contributed by atoms with Crippen LogP contribution < -0.4 is 0 Å². The second-order valence-corrected chi connectivity index (χ2v) is 9.35. The second kappa shape index (κ2) is 19.3. The third-order valence-corrected chi connectivity index (χ3v) is 6.57. The van der Waals surface area contributed by atoms with Gasteiger partial charge in [0.05, 0.1) is 0 Å². The molecule has 0 aliphatic carbocycles. The van der Waals surface area contributed by atoms with Gasteiger partial charge in [0.1, 0.15) is 6.17 Å². The predicted molar refractivity (Wildman–Crippen MR) is 131 cm³/mol. The smallest absolute Gasteiger partial charge is 0.101 e. The van der Waals surface area contributed by atoms with Gasteiger partial charge in [0.2, 0.25) is 0 Å². The first-order valence-electron chi connectivity index (χ1n) is 13.5. The number of nitrogens with zero attached hydrogens (tertiary/aromatic N) is 2. The lowest BCUT2D eigenvalue weighted by Crippen LogP contribution is -2.39. The van der Waals surface area contributed by atoms with Crippen molar-refractivity contribution in [3.05, 3.63) is 12.4 Å². The third kappa shape index (κ3) is 13.3. The van der Waals surface area contributed by atoms with Crippen molar-refractivity contribution < 1.29 is 0 Å². The molecule has 0 saturated carbocycles. The number of hydrogen-bond donors (Lipinski definition) is 0. The van der Waals surface area contributed by atoms with E-state index in [2.05, 4.69) is 43.0 Å². The summed E-state index contributed by atoms with van der Waals surface area (Å²) in [5.41, 5.74) is 0. The average Bonchev–Trinajstić information content (AvgIpc) is 3.11. The number of unbranched alkanes of at least 4 members (excludes halogenated alkanes) is 15. The monoisotopic (exact) mass is 406 g/mol. The Bertz CT molecular complexity index is 366. The summed E-state index contributed by atoms with van der Waals surface area (Å²) in [5, 5.41) is 0. The van der Waals surface area contributed by atoms with Gasteiger partial charge in [-0.3, -0.25) is 0 Å². The zero-order chi connectivity index (χ0) is 21.0.